The Bertz CT molecular complexity index is 795. The molecule has 1 aromatic carbocycles. The molecule has 3 rings (SSSR count). The summed E-state index contributed by atoms with van der Waals surface area (Å²) in [6, 6.07) is 6.39. The Labute approximate surface area is 129 Å². The molecule has 1 amide bonds. The van der Waals surface area contributed by atoms with Gasteiger partial charge in [0.2, 0.25) is 0 Å². The Kier molecular flexibility index (Phi) is 3.65. The van der Waals surface area contributed by atoms with Gasteiger partial charge in [-0.3, -0.25) is 4.79 Å². The van der Waals surface area contributed by atoms with Crippen molar-refractivity contribution in [3.05, 3.63) is 51.3 Å². The molecule has 0 saturated carbocycles. The Morgan fingerprint density at radius 1 is 1.38 bits per heavy atom. The highest BCUT2D eigenvalue weighted by molar-refractivity contribution is 7.21. The number of halogens is 1. The summed E-state index contributed by atoms with van der Waals surface area (Å²) in [6.07, 6.45) is 0. The highest BCUT2D eigenvalue weighted by atomic mass is 32.1. The lowest BCUT2D eigenvalue weighted by Crippen LogP contribution is -2.25. The third-order valence-corrected chi connectivity index (χ3v) is 5.14. The van der Waals surface area contributed by atoms with E-state index >= 15 is 0 Å². The fraction of sp³-hybridized carbons (Fsp3) is 0.133. The fourth-order valence-corrected chi connectivity index (χ4v) is 3.91. The molecule has 0 unspecified atom stereocenters. The molecule has 2 heterocycles. The van der Waals surface area contributed by atoms with Gasteiger partial charge in [-0.1, -0.05) is 0 Å². The molecule has 0 aliphatic rings. The van der Waals surface area contributed by atoms with Crippen LogP contribution in [0.3, 0.4) is 0 Å². The quantitative estimate of drug-likeness (QED) is 0.794. The summed E-state index contributed by atoms with van der Waals surface area (Å²) in [5.74, 6) is -0.488. The number of carbonyl (C=O) groups is 1. The van der Waals surface area contributed by atoms with Crippen LogP contribution in [0.4, 0.5) is 10.1 Å². The van der Waals surface area contributed by atoms with Crippen LogP contribution in [0.5, 0.6) is 0 Å². The smallest absolute Gasteiger partial charge is 0.266 e. The van der Waals surface area contributed by atoms with Crippen LogP contribution in [-0.2, 0) is 6.54 Å². The predicted octanol–water partition coefficient (Wildman–Crippen LogP) is 3.96. The lowest BCUT2D eigenvalue weighted by Gasteiger charge is -2.15. The maximum Gasteiger partial charge on any atom is 0.266 e. The van der Waals surface area contributed by atoms with Gasteiger partial charge in [0.15, 0.2) is 0 Å². The highest BCUT2D eigenvalue weighted by Gasteiger charge is 2.20. The van der Waals surface area contributed by atoms with Crippen molar-refractivity contribution < 1.29 is 9.18 Å². The van der Waals surface area contributed by atoms with E-state index in [4.69, 9.17) is 5.73 Å². The van der Waals surface area contributed by atoms with Crippen LogP contribution in [0.1, 0.15) is 15.2 Å². The first-order valence-electron chi connectivity index (χ1n) is 6.30. The first-order chi connectivity index (χ1) is 10.1. The third-order valence-electron chi connectivity index (χ3n) is 3.23. The number of anilines is 1. The van der Waals surface area contributed by atoms with Gasteiger partial charge in [-0.25, -0.2) is 4.39 Å². The van der Waals surface area contributed by atoms with Crippen molar-refractivity contribution in [3.63, 3.8) is 0 Å². The zero-order chi connectivity index (χ0) is 15.0. The summed E-state index contributed by atoms with van der Waals surface area (Å²) in [7, 11) is 1.74. The Morgan fingerprint density at radius 3 is 2.90 bits per heavy atom. The highest BCUT2D eigenvalue weighted by Crippen LogP contribution is 2.34. The first-order valence-corrected chi connectivity index (χ1v) is 8.06. The van der Waals surface area contributed by atoms with Crippen molar-refractivity contribution in [1.82, 2.24) is 4.90 Å². The van der Waals surface area contributed by atoms with Crippen LogP contribution >= 0.6 is 22.7 Å². The number of fused-ring (bicyclic) bond motifs is 1. The van der Waals surface area contributed by atoms with Crippen molar-refractivity contribution in [2.45, 2.75) is 6.54 Å². The minimum absolute atomic E-state index is 0.139. The number of carbonyl (C=O) groups excluding carboxylic acids is 1. The topological polar surface area (TPSA) is 46.3 Å². The van der Waals surface area contributed by atoms with E-state index in [2.05, 4.69) is 0 Å². The lowest BCUT2D eigenvalue weighted by molar-refractivity contribution is 0.0791. The van der Waals surface area contributed by atoms with E-state index in [0.717, 1.165) is 10.3 Å². The van der Waals surface area contributed by atoms with E-state index in [0.29, 0.717) is 22.5 Å². The number of thiophene rings is 2. The summed E-state index contributed by atoms with van der Waals surface area (Å²) >= 11 is 2.90. The molecule has 0 radical (unpaired) electrons. The molecule has 0 saturated heterocycles. The zero-order valence-corrected chi connectivity index (χ0v) is 12.9. The van der Waals surface area contributed by atoms with Crippen molar-refractivity contribution in [2.75, 3.05) is 12.8 Å². The van der Waals surface area contributed by atoms with Crippen LogP contribution < -0.4 is 5.73 Å². The van der Waals surface area contributed by atoms with E-state index in [-0.39, 0.29) is 11.7 Å². The molecule has 3 aromatic rings. The number of hydrogen-bond acceptors (Lipinski definition) is 4. The molecule has 0 aliphatic heterocycles. The molecular formula is C15H13FN2OS2. The van der Waals surface area contributed by atoms with E-state index in [1.54, 1.807) is 29.4 Å². The molecule has 2 aromatic heterocycles. The average molecular weight is 320 g/mol. The van der Waals surface area contributed by atoms with E-state index in [1.807, 2.05) is 16.8 Å². The molecule has 108 valence electrons. The number of hydrogen-bond donors (Lipinski definition) is 1. The summed E-state index contributed by atoms with van der Waals surface area (Å²) in [6.45, 7) is 0.532. The molecule has 0 aliphatic carbocycles. The van der Waals surface area contributed by atoms with Gasteiger partial charge in [0, 0.05) is 23.7 Å². The first kappa shape index (κ1) is 14.0. The zero-order valence-electron chi connectivity index (χ0n) is 11.3. The molecule has 0 fully saturated rings. The van der Waals surface area contributed by atoms with Crippen molar-refractivity contribution in [3.8, 4) is 0 Å². The third kappa shape index (κ3) is 2.64. The maximum absolute atomic E-state index is 13.3. The van der Waals surface area contributed by atoms with Gasteiger partial charge in [0.1, 0.15) is 10.7 Å². The maximum atomic E-state index is 13.3. The average Bonchev–Trinajstić information content (AvgIpc) is 3.07. The second kappa shape index (κ2) is 5.46. The second-order valence-electron chi connectivity index (χ2n) is 4.78. The van der Waals surface area contributed by atoms with Gasteiger partial charge >= 0.3 is 0 Å². The van der Waals surface area contributed by atoms with Crippen molar-refractivity contribution >= 4 is 44.4 Å². The van der Waals surface area contributed by atoms with Gasteiger partial charge < -0.3 is 10.6 Å². The minimum atomic E-state index is -0.349. The van der Waals surface area contributed by atoms with Crippen LogP contribution in [0.15, 0.2) is 35.0 Å². The van der Waals surface area contributed by atoms with Gasteiger partial charge in [-0.05, 0) is 40.6 Å². The van der Waals surface area contributed by atoms with E-state index in [1.165, 1.54) is 23.5 Å². The molecule has 2 N–H and O–H groups in total. The monoisotopic (exact) mass is 320 g/mol. The normalized spacial score (nSPS) is 11.0. The van der Waals surface area contributed by atoms with Gasteiger partial charge in [0.25, 0.3) is 5.91 Å². The number of nitrogens with two attached hydrogens (primary N) is 1. The fourth-order valence-electron chi connectivity index (χ4n) is 2.15. The largest absolute Gasteiger partial charge is 0.397 e. The predicted molar refractivity (Wildman–Crippen MR) is 86.3 cm³/mol. The Balaban J connectivity index is 1.92. The molecule has 3 nitrogen and oxygen atoms in total. The standard InChI is InChI=1S/C15H13FN2OS2/c1-18(7-9-4-5-20-8-9)15(19)14-13(17)11-6-10(16)2-3-12(11)21-14/h2-6,8H,7,17H2,1H3. The summed E-state index contributed by atoms with van der Waals surface area (Å²) in [5.41, 5.74) is 7.46. The van der Waals surface area contributed by atoms with E-state index in [9.17, 15) is 9.18 Å². The number of amides is 1. The molecule has 6 heteroatoms. The van der Waals surface area contributed by atoms with Crippen molar-refractivity contribution in [2.24, 2.45) is 0 Å². The Morgan fingerprint density at radius 2 is 2.19 bits per heavy atom. The van der Waals surface area contributed by atoms with Gasteiger partial charge in [-0.2, -0.15) is 11.3 Å². The summed E-state index contributed by atoms with van der Waals surface area (Å²) in [4.78, 5) is 14.6. The second-order valence-corrected chi connectivity index (χ2v) is 6.61. The van der Waals surface area contributed by atoms with Crippen molar-refractivity contribution in [1.29, 1.82) is 0 Å². The van der Waals surface area contributed by atoms with Crippen LogP contribution in [-0.4, -0.2) is 17.9 Å². The molecule has 21 heavy (non-hydrogen) atoms. The van der Waals surface area contributed by atoms with Gasteiger partial charge in [0.05, 0.1) is 5.69 Å². The van der Waals surface area contributed by atoms with Gasteiger partial charge in [-0.15, -0.1) is 11.3 Å². The summed E-state index contributed by atoms with van der Waals surface area (Å²) < 4.78 is 14.1. The minimum Gasteiger partial charge on any atom is -0.397 e. The molecule has 0 bridgehead atoms. The molecule has 0 atom stereocenters. The SMILES string of the molecule is CN(Cc1ccsc1)C(=O)c1sc2ccc(F)cc2c1N. The summed E-state index contributed by atoms with van der Waals surface area (Å²) in [5, 5.41) is 4.59. The van der Waals surface area contributed by atoms with Crippen LogP contribution in [0.25, 0.3) is 10.1 Å². The number of nitrogens with zero attached hydrogens (tertiary/aromatic N) is 1. The number of nitrogen functional groups attached to an aromatic ring is 1. The lowest BCUT2D eigenvalue weighted by atomic mass is 10.2. The van der Waals surface area contributed by atoms with E-state index < -0.39 is 0 Å². The number of benzene rings is 1. The van der Waals surface area contributed by atoms with Crippen LogP contribution in [0.2, 0.25) is 0 Å². The molecular weight excluding hydrogens is 307 g/mol. The number of rotatable bonds is 3. The molecule has 0 spiro atoms. The Hall–Kier alpha value is -1.92. The van der Waals surface area contributed by atoms with Crippen LogP contribution in [0, 0.1) is 5.82 Å².